The Balaban J connectivity index is 2.04. The van der Waals surface area contributed by atoms with Gasteiger partial charge in [0.25, 0.3) is 0 Å². The van der Waals surface area contributed by atoms with E-state index in [0.717, 1.165) is 19.2 Å². The predicted molar refractivity (Wildman–Crippen MR) is 132 cm³/mol. The lowest BCUT2D eigenvalue weighted by Gasteiger charge is -2.22. The molecule has 0 aliphatic rings. The molecule has 1 N–H and O–H groups in total. The Labute approximate surface area is 235 Å². The molecule has 4 rings (SSSR count). The molecular weight excluding hydrogens is 614 g/mol. The van der Waals surface area contributed by atoms with E-state index >= 15 is 0 Å². The van der Waals surface area contributed by atoms with Crippen molar-refractivity contribution in [1.82, 2.24) is 9.78 Å². The van der Waals surface area contributed by atoms with E-state index < -0.39 is 80.9 Å². The minimum absolute atomic E-state index is 0.307. The maximum atomic E-state index is 14.4. The summed E-state index contributed by atoms with van der Waals surface area (Å²) < 4.78 is 130. The molecule has 3 aromatic carbocycles. The van der Waals surface area contributed by atoms with Gasteiger partial charge in [0.15, 0.2) is 0 Å². The second-order valence-corrected chi connectivity index (χ2v) is 9.51. The average Bonchev–Trinajstić information content (AvgIpc) is 3.24. The van der Waals surface area contributed by atoms with Crippen LogP contribution in [0.15, 0.2) is 54.6 Å². The first-order valence-corrected chi connectivity index (χ1v) is 12.0. The summed E-state index contributed by atoms with van der Waals surface area (Å²) in [6.45, 7) is -0.548. The molecule has 0 spiro atoms. The second-order valence-electron chi connectivity index (χ2n) is 8.67. The van der Waals surface area contributed by atoms with Gasteiger partial charge < -0.3 is 9.84 Å². The van der Waals surface area contributed by atoms with Crippen molar-refractivity contribution in [3.8, 4) is 33.9 Å². The van der Waals surface area contributed by atoms with E-state index in [0.29, 0.717) is 33.5 Å². The molecule has 4 nitrogen and oxygen atoms in total. The number of rotatable bonds is 5. The van der Waals surface area contributed by atoms with Crippen LogP contribution in [0.2, 0.25) is 10.0 Å². The molecule has 1 heterocycles. The van der Waals surface area contributed by atoms with Crippen LogP contribution in [0.1, 0.15) is 22.4 Å². The fourth-order valence-electron chi connectivity index (χ4n) is 3.98. The summed E-state index contributed by atoms with van der Waals surface area (Å²) in [5, 5.41) is 14.3. The zero-order valence-corrected chi connectivity index (χ0v) is 21.8. The fraction of sp³-hybridized carbons (Fsp3) is 0.192. The highest BCUT2D eigenvalue weighted by Crippen LogP contribution is 2.52. The lowest BCUT2D eigenvalue weighted by molar-refractivity contribution is -0.143. The van der Waals surface area contributed by atoms with Gasteiger partial charge in [-0.3, -0.25) is 4.68 Å². The number of benzene rings is 3. The number of aromatic nitrogens is 2. The van der Waals surface area contributed by atoms with E-state index in [1.54, 1.807) is 0 Å². The number of phenolic OH excluding ortho intramolecular Hbond substituents is 1. The van der Waals surface area contributed by atoms with E-state index in [2.05, 4.69) is 5.10 Å². The Morgan fingerprint density at radius 3 is 1.95 bits per heavy atom. The first-order chi connectivity index (χ1) is 18.9. The lowest BCUT2D eigenvalue weighted by Crippen LogP contribution is -2.11. The first-order valence-electron chi connectivity index (χ1n) is 11.2. The van der Waals surface area contributed by atoms with Gasteiger partial charge in [-0.2, -0.15) is 44.6 Å². The number of ether oxygens (including phenoxy) is 1. The third-order valence-corrected chi connectivity index (χ3v) is 6.44. The summed E-state index contributed by atoms with van der Waals surface area (Å²) >= 11 is 11.5. The molecule has 1 aromatic heterocycles. The van der Waals surface area contributed by atoms with E-state index in [9.17, 15) is 44.6 Å². The molecule has 41 heavy (non-hydrogen) atoms. The normalized spacial score (nSPS) is 12.6. The van der Waals surface area contributed by atoms with Crippen LogP contribution in [0.4, 0.5) is 39.5 Å². The highest BCUT2D eigenvalue weighted by atomic mass is 35.5. The van der Waals surface area contributed by atoms with Crippen molar-refractivity contribution in [3.63, 3.8) is 0 Å². The number of phenols is 1. The smallest absolute Gasteiger partial charge is 0.433 e. The van der Waals surface area contributed by atoms with Crippen molar-refractivity contribution in [2.45, 2.75) is 25.1 Å². The second kappa shape index (κ2) is 10.7. The number of hydrogen-bond donors (Lipinski definition) is 1. The molecule has 0 aliphatic heterocycles. The van der Waals surface area contributed by atoms with Crippen LogP contribution in [0.25, 0.3) is 22.4 Å². The standard InChI is InChI=1S/C26H15Cl2F9N2O2/c1-39-20(26(35,36)37)10-19(38-39)15-9-17(25(32,33)34)23(41-11-12-2-5-14(27)6-3-12)21(22(15)40)13-4-7-18(28)16(8-13)24(29,30)31/h2-10,40H,11H2,1H3. The SMILES string of the molecule is Cn1nc(-c2cc(C(F)(F)F)c(OCc3ccc(Cl)cc3)c(-c3ccc(Cl)c(C(F)(F)F)c3)c2O)cc1C(F)(F)F. The molecule has 0 saturated carbocycles. The van der Waals surface area contributed by atoms with E-state index in [-0.39, 0.29) is 0 Å². The van der Waals surface area contributed by atoms with Gasteiger partial charge in [-0.1, -0.05) is 41.4 Å². The van der Waals surface area contributed by atoms with Gasteiger partial charge >= 0.3 is 18.5 Å². The zero-order valence-electron chi connectivity index (χ0n) is 20.3. The molecular formula is C26H15Cl2F9N2O2. The van der Waals surface area contributed by atoms with Crippen LogP contribution in [-0.2, 0) is 32.2 Å². The summed E-state index contributed by atoms with van der Waals surface area (Å²) in [7, 11) is 0.882. The first kappa shape index (κ1) is 30.4. The van der Waals surface area contributed by atoms with Gasteiger partial charge in [-0.25, -0.2) is 0 Å². The molecule has 4 aromatic rings. The Morgan fingerprint density at radius 1 is 0.805 bits per heavy atom. The third-order valence-electron chi connectivity index (χ3n) is 5.86. The van der Waals surface area contributed by atoms with Gasteiger partial charge in [0.1, 0.15) is 23.8 Å². The Hall–Kier alpha value is -3.58. The minimum atomic E-state index is -5.24. The van der Waals surface area contributed by atoms with Crippen LogP contribution >= 0.6 is 23.2 Å². The Bertz CT molecular complexity index is 1590. The lowest BCUT2D eigenvalue weighted by atomic mass is 9.93. The van der Waals surface area contributed by atoms with Crippen LogP contribution in [0.3, 0.4) is 0 Å². The predicted octanol–water partition coefficient (Wildman–Crippen LogP) is 9.40. The molecule has 0 atom stereocenters. The molecule has 0 bridgehead atoms. The Kier molecular flexibility index (Phi) is 7.91. The number of nitrogens with zero attached hydrogens (tertiary/aromatic N) is 2. The van der Waals surface area contributed by atoms with Crippen LogP contribution in [-0.4, -0.2) is 14.9 Å². The van der Waals surface area contributed by atoms with Gasteiger partial charge in [0.2, 0.25) is 0 Å². The van der Waals surface area contributed by atoms with Crippen molar-refractivity contribution < 1.29 is 49.4 Å². The van der Waals surface area contributed by atoms with Crippen molar-refractivity contribution in [1.29, 1.82) is 0 Å². The number of alkyl halides is 9. The average molecular weight is 629 g/mol. The molecule has 15 heteroatoms. The fourth-order valence-corrected chi connectivity index (χ4v) is 4.33. The number of aromatic hydroxyl groups is 1. The van der Waals surface area contributed by atoms with Crippen molar-refractivity contribution >= 4 is 23.2 Å². The van der Waals surface area contributed by atoms with Gasteiger partial charge in [-0.15, -0.1) is 0 Å². The van der Waals surface area contributed by atoms with Gasteiger partial charge in [-0.05, 0) is 47.5 Å². The summed E-state index contributed by atoms with van der Waals surface area (Å²) in [4.78, 5) is 0. The van der Waals surface area contributed by atoms with Crippen molar-refractivity contribution in [2.24, 2.45) is 7.05 Å². The van der Waals surface area contributed by atoms with Gasteiger partial charge in [0, 0.05) is 17.6 Å². The molecule has 218 valence electrons. The molecule has 0 fully saturated rings. The molecule has 0 aliphatic carbocycles. The number of hydrogen-bond acceptors (Lipinski definition) is 3. The molecule has 0 radical (unpaired) electrons. The quantitative estimate of drug-likeness (QED) is 0.224. The number of halogens is 11. The third kappa shape index (κ3) is 6.35. The van der Waals surface area contributed by atoms with Crippen molar-refractivity contribution in [2.75, 3.05) is 0 Å². The maximum absolute atomic E-state index is 14.4. The van der Waals surface area contributed by atoms with E-state index in [4.69, 9.17) is 27.9 Å². The van der Waals surface area contributed by atoms with Crippen LogP contribution in [0.5, 0.6) is 11.5 Å². The Morgan fingerprint density at radius 2 is 1.41 bits per heavy atom. The monoisotopic (exact) mass is 628 g/mol. The van der Waals surface area contributed by atoms with E-state index in [1.807, 2.05) is 0 Å². The topological polar surface area (TPSA) is 47.3 Å². The summed E-state index contributed by atoms with van der Waals surface area (Å²) in [5.74, 6) is -2.18. The molecule has 0 unspecified atom stereocenters. The van der Waals surface area contributed by atoms with Crippen molar-refractivity contribution in [3.05, 3.63) is 87.0 Å². The molecule has 0 saturated heterocycles. The van der Waals surface area contributed by atoms with Crippen LogP contribution in [0, 0.1) is 0 Å². The zero-order chi connectivity index (χ0) is 30.5. The summed E-state index contributed by atoms with van der Waals surface area (Å²) in [5.41, 5.74) is -7.10. The minimum Gasteiger partial charge on any atom is -0.506 e. The maximum Gasteiger partial charge on any atom is 0.433 e. The highest BCUT2D eigenvalue weighted by Gasteiger charge is 2.41. The highest BCUT2D eigenvalue weighted by molar-refractivity contribution is 6.31. The summed E-state index contributed by atoms with van der Waals surface area (Å²) in [6, 6.07) is 8.45. The van der Waals surface area contributed by atoms with Gasteiger partial charge in [0.05, 0.1) is 27.4 Å². The van der Waals surface area contributed by atoms with E-state index in [1.165, 1.54) is 24.3 Å². The van der Waals surface area contributed by atoms with Crippen LogP contribution < -0.4 is 4.74 Å². The number of aryl methyl sites for hydroxylation is 1. The summed E-state index contributed by atoms with van der Waals surface area (Å²) in [6.07, 6.45) is -15.2. The molecule has 0 amide bonds. The largest absolute Gasteiger partial charge is 0.506 e.